The molecule has 1 aromatic rings. The fourth-order valence-corrected chi connectivity index (χ4v) is 3.28. The van der Waals surface area contributed by atoms with Crippen LogP contribution in [0.25, 0.3) is 6.08 Å². The van der Waals surface area contributed by atoms with Gasteiger partial charge < -0.3 is 19.9 Å². The van der Waals surface area contributed by atoms with E-state index < -0.39 is 5.60 Å². The number of anilines is 1. The summed E-state index contributed by atoms with van der Waals surface area (Å²) < 4.78 is 5.48. The van der Waals surface area contributed by atoms with E-state index in [1.165, 1.54) is 0 Å². The summed E-state index contributed by atoms with van der Waals surface area (Å²) in [7, 11) is 0. The van der Waals surface area contributed by atoms with Crippen LogP contribution in [0.1, 0.15) is 38.8 Å². The van der Waals surface area contributed by atoms with Crippen molar-refractivity contribution in [3.8, 4) is 0 Å². The maximum absolute atomic E-state index is 12.3. The monoisotopic (exact) mass is 365 g/mol. The Morgan fingerprint density at radius 3 is 2.80 bits per heavy atom. The van der Waals surface area contributed by atoms with Crippen molar-refractivity contribution in [1.82, 2.24) is 20.4 Å². The van der Waals surface area contributed by atoms with E-state index in [-0.39, 0.29) is 12.1 Å². The number of hydrogen-bond donors (Lipinski definition) is 1. The number of amides is 1. The average molecular weight is 366 g/mol. The summed E-state index contributed by atoms with van der Waals surface area (Å²) in [5.74, 6) is 0.813. The molecule has 1 unspecified atom stereocenters. The van der Waals surface area contributed by atoms with Crippen LogP contribution in [0, 0.1) is 0 Å². The van der Waals surface area contributed by atoms with Gasteiger partial charge in [-0.05, 0) is 40.0 Å². The molecule has 1 N–H and O–H groups in total. The third-order valence-corrected chi connectivity index (χ3v) is 4.55. The lowest BCUT2D eigenvalue weighted by Crippen LogP contribution is -2.55. The number of nitrogens with one attached hydrogen (secondary N) is 1. The largest absolute Gasteiger partial charge is 0.444 e. The zero-order valence-corrected chi connectivity index (χ0v) is 15.8. The van der Waals surface area contributed by atoms with Crippen LogP contribution in [0.2, 0.25) is 5.15 Å². The van der Waals surface area contributed by atoms with Crippen LogP contribution in [0.4, 0.5) is 10.6 Å². The molecular weight excluding hydrogens is 342 g/mol. The normalized spacial score (nSPS) is 20.1. The molecule has 1 saturated heterocycles. The van der Waals surface area contributed by atoms with Crippen molar-refractivity contribution >= 4 is 29.6 Å². The van der Waals surface area contributed by atoms with Crippen molar-refractivity contribution in [1.29, 1.82) is 0 Å². The summed E-state index contributed by atoms with van der Waals surface area (Å²) in [6.45, 7) is 10.2. The van der Waals surface area contributed by atoms with Crippen molar-refractivity contribution < 1.29 is 9.53 Å². The maximum Gasteiger partial charge on any atom is 0.410 e. The minimum Gasteiger partial charge on any atom is -0.444 e. The number of piperazine rings is 1. The molecule has 0 radical (unpaired) electrons. The smallest absolute Gasteiger partial charge is 0.410 e. The first-order valence-corrected chi connectivity index (χ1v) is 8.83. The lowest BCUT2D eigenvalue weighted by atomic mass is 10.1. The molecule has 3 heterocycles. The van der Waals surface area contributed by atoms with Gasteiger partial charge in [0.1, 0.15) is 5.60 Å². The number of fused-ring (bicyclic) bond motifs is 1. The van der Waals surface area contributed by atoms with E-state index in [0.29, 0.717) is 31.3 Å². The summed E-state index contributed by atoms with van der Waals surface area (Å²) in [4.78, 5) is 16.2. The molecule has 1 aromatic heterocycles. The van der Waals surface area contributed by atoms with E-state index in [2.05, 4.69) is 27.3 Å². The predicted molar refractivity (Wildman–Crippen MR) is 97.5 cm³/mol. The summed E-state index contributed by atoms with van der Waals surface area (Å²) >= 11 is 6.18. The molecule has 0 aliphatic carbocycles. The first-order chi connectivity index (χ1) is 11.8. The van der Waals surface area contributed by atoms with Crippen LogP contribution in [0.15, 0.2) is 6.20 Å². The van der Waals surface area contributed by atoms with E-state index in [0.717, 1.165) is 16.9 Å². The molecule has 25 heavy (non-hydrogen) atoms. The highest BCUT2D eigenvalue weighted by Gasteiger charge is 2.32. The van der Waals surface area contributed by atoms with Gasteiger partial charge in [-0.2, -0.15) is 0 Å². The Balaban J connectivity index is 1.77. The Hall–Kier alpha value is -2.02. The van der Waals surface area contributed by atoms with Gasteiger partial charge >= 0.3 is 6.09 Å². The van der Waals surface area contributed by atoms with Crippen LogP contribution >= 0.6 is 11.6 Å². The van der Waals surface area contributed by atoms with E-state index >= 15 is 0 Å². The van der Waals surface area contributed by atoms with Crippen LogP contribution < -0.4 is 10.2 Å². The molecule has 7 nitrogen and oxygen atoms in total. The number of rotatable bonds is 1. The van der Waals surface area contributed by atoms with Gasteiger partial charge in [0.05, 0.1) is 0 Å². The topological polar surface area (TPSA) is 70.6 Å². The number of aromatic nitrogens is 2. The van der Waals surface area contributed by atoms with E-state index in [1.807, 2.05) is 33.0 Å². The highest BCUT2D eigenvalue weighted by molar-refractivity contribution is 6.30. The Kier molecular flexibility index (Phi) is 4.77. The number of carbonyl (C=O) groups is 1. The Bertz CT molecular complexity index is 701. The predicted octanol–water partition coefficient (Wildman–Crippen LogP) is 2.65. The van der Waals surface area contributed by atoms with Gasteiger partial charge in [-0.25, -0.2) is 4.79 Å². The van der Waals surface area contributed by atoms with Crippen molar-refractivity contribution in [3.05, 3.63) is 22.5 Å². The SMILES string of the molecule is CC1CN(C(=O)OC(C)(C)C)CCN1c1nnc(Cl)c2c1C=CNC2. The molecule has 0 spiro atoms. The second kappa shape index (κ2) is 6.71. The van der Waals surface area contributed by atoms with Crippen LogP contribution in [0.5, 0.6) is 0 Å². The maximum atomic E-state index is 12.3. The number of nitrogens with zero attached hydrogens (tertiary/aromatic N) is 4. The summed E-state index contributed by atoms with van der Waals surface area (Å²) in [6.07, 6.45) is 3.60. The van der Waals surface area contributed by atoms with Gasteiger partial charge in [0.15, 0.2) is 11.0 Å². The van der Waals surface area contributed by atoms with E-state index in [4.69, 9.17) is 16.3 Å². The molecule has 1 fully saturated rings. The minimum absolute atomic E-state index is 0.101. The number of ether oxygens (including phenoxy) is 1. The zero-order valence-electron chi connectivity index (χ0n) is 15.0. The van der Waals surface area contributed by atoms with E-state index in [9.17, 15) is 4.79 Å². The van der Waals surface area contributed by atoms with E-state index in [1.54, 1.807) is 4.90 Å². The summed E-state index contributed by atoms with van der Waals surface area (Å²) in [6, 6.07) is 0.101. The Morgan fingerprint density at radius 1 is 1.36 bits per heavy atom. The van der Waals surface area contributed by atoms with Gasteiger partial charge in [-0.1, -0.05) is 11.6 Å². The molecule has 3 rings (SSSR count). The van der Waals surface area contributed by atoms with Crippen molar-refractivity contribution in [2.24, 2.45) is 0 Å². The third kappa shape index (κ3) is 3.81. The Morgan fingerprint density at radius 2 is 2.12 bits per heavy atom. The molecule has 136 valence electrons. The quantitative estimate of drug-likeness (QED) is 0.825. The Labute approximate surface area is 153 Å². The summed E-state index contributed by atoms with van der Waals surface area (Å²) in [5, 5.41) is 12.0. The molecule has 1 atom stereocenters. The van der Waals surface area contributed by atoms with Crippen molar-refractivity contribution in [2.45, 2.75) is 45.9 Å². The molecule has 2 aliphatic heterocycles. The van der Waals surface area contributed by atoms with Gasteiger partial charge in [0.2, 0.25) is 0 Å². The fraction of sp³-hybridized carbons (Fsp3) is 0.588. The third-order valence-electron chi connectivity index (χ3n) is 4.25. The second-order valence-corrected chi connectivity index (χ2v) is 7.75. The van der Waals surface area contributed by atoms with Gasteiger partial charge in [-0.3, -0.25) is 0 Å². The van der Waals surface area contributed by atoms with Gasteiger partial charge in [0.25, 0.3) is 0 Å². The van der Waals surface area contributed by atoms with Gasteiger partial charge in [-0.15, -0.1) is 10.2 Å². The number of hydrogen-bond acceptors (Lipinski definition) is 6. The van der Waals surface area contributed by atoms with Crippen LogP contribution in [-0.4, -0.2) is 52.5 Å². The lowest BCUT2D eigenvalue weighted by Gasteiger charge is -2.41. The molecular formula is C17H24ClN5O2. The average Bonchev–Trinajstić information content (AvgIpc) is 2.54. The first kappa shape index (κ1) is 17.8. The lowest BCUT2D eigenvalue weighted by molar-refractivity contribution is 0.0218. The zero-order chi connectivity index (χ0) is 18.2. The highest BCUT2D eigenvalue weighted by Crippen LogP contribution is 2.30. The number of halogens is 1. The molecule has 2 aliphatic rings. The second-order valence-electron chi connectivity index (χ2n) is 7.39. The summed E-state index contributed by atoms with van der Waals surface area (Å²) in [5.41, 5.74) is 1.46. The van der Waals surface area contributed by atoms with Crippen molar-refractivity contribution in [2.75, 3.05) is 24.5 Å². The van der Waals surface area contributed by atoms with Gasteiger partial charge in [0, 0.05) is 43.3 Å². The molecule has 0 saturated carbocycles. The minimum atomic E-state index is -0.490. The molecule has 8 heteroatoms. The molecule has 1 amide bonds. The number of carbonyl (C=O) groups excluding carboxylic acids is 1. The van der Waals surface area contributed by atoms with Crippen molar-refractivity contribution in [3.63, 3.8) is 0 Å². The van der Waals surface area contributed by atoms with Crippen LogP contribution in [-0.2, 0) is 11.3 Å². The van der Waals surface area contributed by atoms with Crippen LogP contribution in [0.3, 0.4) is 0 Å². The molecule has 0 bridgehead atoms. The fourth-order valence-electron chi connectivity index (χ4n) is 3.07. The first-order valence-electron chi connectivity index (χ1n) is 8.46. The highest BCUT2D eigenvalue weighted by atomic mass is 35.5. The molecule has 0 aromatic carbocycles. The standard InChI is InChI=1S/C17H24ClN5O2/c1-11-10-22(16(24)25-17(2,3)4)7-8-23(11)15-12-5-6-19-9-13(12)14(18)20-21-15/h5-6,11,19H,7-10H2,1-4H3.